The number of anilines is 1. The third-order valence-electron chi connectivity index (χ3n) is 2.99. The van der Waals surface area contributed by atoms with Gasteiger partial charge in [-0.1, -0.05) is 0 Å². The molecule has 0 bridgehead atoms. The van der Waals surface area contributed by atoms with Gasteiger partial charge in [0, 0.05) is 30.8 Å². The van der Waals surface area contributed by atoms with Crippen molar-refractivity contribution in [1.29, 1.82) is 0 Å². The highest BCUT2D eigenvalue weighted by Crippen LogP contribution is 2.29. The summed E-state index contributed by atoms with van der Waals surface area (Å²) in [7, 11) is 1.75. The van der Waals surface area contributed by atoms with Crippen LogP contribution in [0, 0.1) is 10.1 Å². The van der Waals surface area contributed by atoms with E-state index >= 15 is 0 Å². The summed E-state index contributed by atoms with van der Waals surface area (Å²) >= 11 is 0. The van der Waals surface area contributed by atoms with Gasteiger partial charge in [-0.2, -0.15) is 0 Å². The zero-order chi connectivity index (χ0) is 14.7. The van der Waals surface area contributed by atoms with Crippen LogP contribution in [0.3, 0.4) is 0 Å². The van der Waals surface area contributed by atoms with Crippen LogP contribution in [0.15, 0.2) is 41.2 Å². The summed E-state index contributed by atoms with van der Waals surface area (Å²) in [4.78, 5) is 23.7. The molecule has 0 radical (unpaired) electrons. The highest BCUT2D eigenvalue weighted by Gasteiger charge is 2.19. The summed E-state index contributed by atoms with van der Waals surface area (Å²) in [6.45, 7) is 1.87. The molecule has 1 aromatic carbocycles. The molecule has 0 aliphatic heterocycles. The lowest BCUT2D eigenvalue weighted by molar-refractivity contribution is -0.384. The van der Waals surface area contributed by atoms with Gasteiger partial charge >= 0.3 is 0 Å². The molecule has 1 aromatic heterocycles. The quantitative estimate of drug-likeness (QED) is 0.476. The van der Waals surface area contributed by atoms with Crippen LogP contribution < -0.4 is 4.90 Å². The predicted octanol–water partition coefficient (Wildman–Crippen LogP) is 3.03. The van der Waals surface area contributed by atoms with E-state index in [0.717, 1.165) is 5.56 Å². The number of Topliss-reactive ketones (excluding diaryl/α,β-unsaturated/α-hetero) is 1. The molecule has 2 rings (SSSR count). The maximum absolute atomic E-state index is 11.3. The Hall–Kier alpha value is -2.63. The molecular formula is C14H14N2O4. The first kappa shape index (κ1) is 13.8. The zero-order valence-electron chi connectivity index (χ0n) is 11.2. The first-order valence-electron chi connectivity index (χ1n) is 6.00. The number of carbonyl (C=O) groups is 1. The minimum Gasteiger partial charge on any atom is -0.472 e. The van der Waals surface area contributed by atoms with Crippen molar-refractivity contribution < 1.29 is 14.1 Å². The third kappa shape index (κ3) is 2.85. The minimum absolute atomic E-state index is 0.0799. The number of ketones is 1. The lowest BCUT2D eigenvalue weighted by Crippen LogP contribution is -2.17. The smallest absolute Gasteiger partial charge is 0.293 e. The minimum atomic E-state index is -0.479. The van der Waals surface area contributed by atoms with Gasteiger partial charge in [0.2, 0.25) is 0 Å². The average molecular weight is 274 g/mol. The number of rotatable bonds is 5. The second kappa shape index (κ2) is 5.56. The second-order valence-electron chi connectivity index (χ2n) is 4.50. The van der Waals surface area contributed by atoms with E-state index in [9.17, 15) is 14.9 Å². The number of nitro groups is 1. The van der Waals surface area contributed by atoms with E-state index in [1.54, 1.807) is 42.7 Å². The molecule has 2 aromatic rings. The van der Waals surface area contributed by atoms with Crippen LogP contribution in [-0.4, -0.2) is 17.8 Å². The van der Waals surface area contributed by atoms with Crippen molar-refractivity contribution >= 4 is 17.2 Å². The normalized spacial score (nSPS) is 10.3. The van der Waals surface area contributed by atoms with Gasteiger partial charge in [-0.3, -0.25) is 14.9 Å². The molecule has 6 heteroatoms. The van der Waals surface area contributed by atoms with Crippen molar-refractivity contribution in [2.24, 2.45) is 0 Å². The number of benzene rings is 1. The zero-order valence-corrected chi connectivity index (χ0v) is 11.2. The van der Waals surface area contributed by atoms with Gasteiger partial charge in [-0.05, 0) is 25.1 Å². The average Bonchev–Trinajstić information content (AvgIpc) is 2.90. The maximum Gasteiger partial charge on any atom is 0.293 e. The lowest BCUT2D eigenvalue weighted by atomic mass is 10.1. The Morgan fingerprint density at radius 3 is 2.70 bits per heavy atom. The van der Waals surface area contributed by atoms with Crippen LogP contribution >= 0.6 is 0 Å². The number of nitro benzene ring substituents is 1. The van der Waals surface area contributed by atoms with Crippen molar-refractivity contribution in [2.75, 3.05) is 11.9 Å². The maximum atomic E-state index is 11.3. The third-order valence-corrected chi connectivity index (χ3v) is 2.99. The topological polar surface area (TPSA) is 76.6 Å². The van der Waals surface area contributed by atoms with Gasteiger partial charge in [0.25, 0.3) is 5.69 Å². The number of nitrogens with zero attached hydrogens (tertiary/aromatic N) is 2. The number of hydrogen-bond donors (Lipinski definition) is 0. The number of furan rings is 1. The Balaban J connectivity index is 2.35. The van der Waals surface area contributed by atoms with E-state index in [4.69, 9.17) is 4.42 Å². The Kier molecular flexibility index (Phi) is 3.84. The molecule has 0 saturated heterocycles. The van der Waals surface area contributed by atoms with E-state index in [1.807, 2.05) is 0 Å². The lowest BCUT2D eigenvalue weighted by Gasteiger charge is -2.18. The molecule has 0 fully saturated rings. The van der Waals surface area contributed by atoms with Crippen LogP contribution in [0.2, 0.25) is 0 Å². The van der Waals surface area contributed by atoms with Crippen molar-refractivity contribution in [2.45, 2.75) is 13.5 Å². The van der Waals surface area contributed by atoms with E-state index in [0.29, 0.717) is 17.8 Å². The molecule has 0 unspecified atom stereocenters. The van der Waals surface area contributed by atoms with Crippen LogP contribution in [0.5, 0.6) is 0 Å². The SMILES string of the molecule is CC(=O)c1ccc(N(C)Cc2ccoc2)c([N+](=O)[O-])c1. The van der Waals surface area contributed by atoms with Crippen LogP contribution in [0.1, 0.15) is 22.8 Å². The van der Waals surface area contributed by atoms with Gasteiger partial charge < -0.3 is 9.32 Å². The molecule has 104 valence electrons. The van der Waals surface area contributed by atoms with Gasteiger partial charge in [-0.15, -0.1) is 0 Å². The molecule has 0 saturated carbocycles. The molecule has 0 aliphatic rings. The van der Waals surface area contributed by atoms with E-state index in [2.05, 4.69) is 0 Å². The van der Waals surface area contributed by atoms with Gasteiger partial charge in [0.05, 0.1) is 17.4 Å². The molecule has 0 N–H and O–H groups in total. The Bertz CT molecular complexity index is 635. The summed E-state index contributed by atoms with van der Waals surface area (Å²) in [5.41, 5.74) is 1.62. The standard InChI is InChI=1S/C14H14N2O4/c1-10(17)12-3-4-13(14(7-12)16(18)19)15(2)8-11-5-6-20-9-11/h3-7,9H,8H2,1-2H3. The van der Waals surface area contributed by atoms with Crippen molar-refractivity contribution in [3.63, 3.8) is 0 Å². The molecule has 0 spiro atoms. The molecule has 6 nitrogen and oxygen atoms in total. The largest absolute Gasteiger partial charge is 0.472 e. The molecule has 0 aliphatic carbocycles. The first-order valence-corrected chi connectivity index (χ1v) is 6.00. The number of hydrogen-bond acceptors (Lipinski definition) is 5. The number of carbonyl (C=O) groups excluding carboxylic acids is 1. The van der Waals surface area contributed by atoms with E-state index in [1.165, 1.54) is 13.0 Å². The highest BCUT2D eigenvalue weighted by molar-refractivity contribution is 5.95. The Labute approximate surface area is 115 Å². The van der Waals surface area contributed by atoms with Crippen LogP contribution in [-0.2, 0) is 6.54 Å². The fourth-order valence-electron chi connectivity index (χ4n) is 1.95. The molecule has 1 heterocycles. The molecule has 0 atom stereocenters. The summed E-state index contributed by atoms with van der Waals surface area (Å²) in [5.74, 6) is -0.197. The second-order valence-corrected chi connectivity index (χ2v) is 4.50. The molecule has 0 amide bonds. The van der Waals surface area contributed by atoms with Crippen LogP contribution in [0.25, 0.3) is 0 Å². The van der Waals surface area contributed by atoms with E-state index < -0.39 is 4.92 Å². The predicted molar refractivity (Wildman–Crippen MR) is 73.9 cm³/mol. The fraction of sp³-hybridized carbons (Fsp3) is 0.214. The van der Waals surface area contributed by atoms with Gasteiger partial charge in [-0.25, -0.2) is 0 Å². The Morgan fingerprint density at radius 2 is 2.15 bits per heavy atom. The van der Waals surface area contributed by atoms with E-state index in [-0.39, 0.29) is 11.5 Å². The van der Waals surface area contributed by atoms with Crippen molar-refractivity contribution in [3.8, 4) is 0 Å². The summed E-state index contributed by atoms with van der Waals surface area (Å²) in [5, 5.41) is 11.2. The van der Waals surface area contributed by atoms with Crippen molar-refractivity contribution in [1.82, 2.24) is 0 Å². The summed E-state index contributed by atoms with van der Waals surface area (Å²) in [6.07, 6.45) is 3.14. The monoisotopic (exact) mass is 274 g/mol. The molecular weight excluding hydrogens is 260 g/mol. The highest BCUT2D eigenvalue weighted by atomic mass is 16.6. The van der Waals surface area contributed by atoms with Gasteiger partial charge in [0.1, 0.15) is 5.69 Å². The van der Waals surface area contributed by atoms with Crippen molar-refractivity contribution in [3.05, 3.63) is 58.0 Å². The molecule has 20 heavy (non-hydrogen) atoms. The first-order chi connectivity index (χ1) is 9.49. The fourth-order valence-corrected chi connectivity index (χ4v) is 1.95. The van der Waals surface area contributed by atoms with Crippen LogP contribution in [0.4, 0.5) is 11.4 Å². The summed E-state index contributed by atoms with van der Waals surface area (Å²) < 4.78 is 4.97. The summed E-state index contributed by atoms with van der Waals surface area (Å²) in [6, 6.07) is 6.29. The Morgan fingerprint density at radius 1 is 1.40 bits per heavy atom. The van der Waals surface area contributed by atoms with Gasteiger partial charge in [0.15, 0.2) is 5.78 Å².